The zero-order valence-corrected chi connectivity index (χ0v) is 19.3. The van der Waals surface area contributed by atoms with Crippen molar-refractivity contribution in [3.8, 4) is 30.3 Å². The van der Waals surface area contributed by atoms with Gasteiger partial charge in [-0.05, 0) is 37.9 Å². The minimum absolute atomic E-state index is 0.127. The van der Waals surface area contributed by atoms with Gasteiger partial charge in [-0.25, -0.2) is 4.90 Å². The highest BCUT2D eigenvalue weighted by Gasteiger charge is 2.17. The highest BCUT2D eigenvalue weighted by atomic mass is 79.9. The smallest absolute Gasteiger partial charge is 0.271 e. The Kier molecular flexibility index (Phi) is 7.96. The molecule has 0 fully saturated rings. The summed E-state index contributed by atoms with van der Waals surface area (Å²) >= 11 is 6.49. The third-order valence-electron chi connectivity index (χ3n) is 3.62. The van der Waals surface area contributed by atoms with Crippen LogP contribution in [0, 0.1) is 34.7 Å². The van der Waals surface area contributed by atoms with Crippen molar-refractivity contribution in [1.82, 2.24) is 0 Å². The molecule has 2 rings (SSSR count). The number of ether oxygens (including phenoxy) is 1. The first-order valence-electron chi connectivity index (χ1n) is 8.24. The fraction of sp³-hybridized carbons (Fsp3) is 0.105. The highest BCUT2D eigenvalue weighted by Crippen LogP contribution is 2.42. The van der Waals surface area contributed by atoms with E-state index in [0.717, 1.165) is 0 Å². The molecule has 0 heterocycles. The number of carbonyl (C=O) groups is 1. The Labute approximate surface area is 194 Å². The molecule has 3 N–H and O–H groups in total. The van der Waals surface area contributed by atoms with Gasteiger partial charge in [0.25, 0.3) is 5.69 Å². The van der Waals surface area contributed by atoms with Crippen molar-refractivity contribution in [2.75, 3.05) is 17.3 Å². The molecule has 0 radical (unpaired) electrons. The maximum Gasteiger partial charge on any atom is 0.271 e. The van der Waals surface area contributed by atoms with Crippen molar-refractivity contribution in [1.29, 1.82) is 0 Å². The molecule has 0 aliphatic rings. The molecule has 12 heteroatoms. The van der Waals surface area contributed by atoms with Crippen molar-refractivity contribution in [2.24, 2.45) is 16.0 Å². The van der Waals surface area contributed by atoms with Crippen molar-refractivity contribution in [2.45, 2.75) is 6.92 Å². The summed E-state index contributed by atoms with van der Waals surface area (Å²) in [6.45, 7) is 1.33. The lowest BCUT2D eigenvalue weighted by Gasteiger charge is -2.17. The predicted molar refractivity (Wildman–Crippen MR) is 123 cm³/mol. The molecule has 2 aromatic carbocycles. The predicted octanol–water partition coefficient (Wildman–Crippen LogP) is 4.78. The van der Waals surface area contributed by atoms with E-state index in [2.05, 4.69) is 65.5 Å². The molecular formula is C19H14Br2N6O4. The summed E-state index contributed by atoms with van der Waals surface area (Å²) < 4.78 is 6.06. The topological polar surface area (TPSA) is 135 Å². The van der Waals surface area contributed by atoms with E-state index >= 15 is 0 Å². The van der Waals surface area contributed by atoms with Crippen LogP contribution in [0.15, 0.2) is 43.4 Å². The van der Waals surface area contributed by atoms with Gasteiger partial charge in [0.15, 0.2) is 0 Å². The van der Waals surface area contributed by atoms with E-state index in [1.54, 1.807) is 0 Å². The number of nitro benzene ring substituents is 1. The van der Waals surface area contributed by atoms with Crippen LogP contribution in [0.2, 0.25) is 0 Å². The molecule has 0 unspecified atom stereocenters. The summed E-state index contributed by atoms with van der Waals surface area (Å²) in [6, 6.07) is 12.7. The van der Waals surface area contributed by atoms with Gasteiger partial charge in [0.2, 0.25) is 5.91 Å². The average Bonchev–Trinajstić information content (AvgIpc) is 2.71. The number of non-ortho nitro benzene ring substituents is 1. The third-order valence-corrected chi connectivity index (χ3v) is 4.83. The van der Waals surface area contributed by atoms with Crippen molar-refractivity contribution < 1.29 is 14.5 Å². The number of halogens is 2. The van der Waals surface area contributed by atoms with Crippen LogP contribution in [0.3, 0.4) is 0 Å². The van der Waals surface area contributed by atoms with Crippen LogP contribution in [0.25, 0.3) is 0 Å². The van der Waals surface area contributed by atoms with Crippen LogP contribution in [-0.4, -0.2) is 17.9 Å². The van der Waals surface area contributed by atoms with Gasteiger partial charge in [-0.1, -0.05) is 6.42 Å². The number of nitrogens with two attached hydrogens (primary N) is 1. The van der Waals surface area contributed by atoms with Crippen LogP contribution >= 0.6 is 31.9 Å². The van der Waals surface area contributed by atoms with Gasteiger partial charge in [-0.3, -0.25) is 14.9 Å². The SMILES string of the molecule is C#CN(C#CN)c1cc(NC(C)=O)c(N=Nc2c(Br)cc([N+](=O)[O-])cc2Br)cc1OC. The molecular weight excluding hydrogens is 536 g/mol. The summed E-state index contributed by atoms with van der Waals surface area (Å²) in [6.07, 6.45) is 5.48. The number of methoxy groups -OCH3 is 1. The lowest BCUT2D eigenvalue weighted by atomic mass is 10.2. The van der Waals surface area contributed by atoms with Gasteiger partial charge < -0.3 is 15.8 Å². The van der Waals surface area contributed by atoms with Crippen molar-refractivity contribution in [3.63, 3.8) is 0 Å². The number of terminal acetylenes is 1. The van der Waals surface area contributed by atoms with Crippen LogP contribution in [0.5, 0.6) is 5.75 Å². The summed E-state index contributed by atoms with van der Waals surface area (Å²) in [5.74, 6) is -0.0620. The van der Waals surface area contributed by atoms with E-state index in [9.17, 15) is 14.9 Å². The Hall–Kier alpha value is -3.61. The molecule has 0 aromatic heterocycles. The number of benzene rings is 2. The molecule has 0 atom stereocenters. The molecule has 0 bridgehead atoms. The highest BCUT2D eigenvalue weighted by molar-refractivity contribution is 9.11. The van der Waals surface area contributed by atoms with E-state index in [1.807, 2.05) is 0 Å². The summed E-state index contributed by atoms with van der Waals surface area (Å²) in [5.41, 5.74) is 6.31. The Bertz CT molecular complexity index is 1160. The second kappa shape index (κ2) is 10.4. The van der Waals surface area contributed by atoms with Crippen LogP contribution in [0.1, 0.15) is 6.92 Å². The molecule has 0 spiro atoms. The van der Waals surface area contributed by atoms with E-state index in [4.69, 9.17) is 16.9 Å². The van der Waals surface area contributed by atoms with Crippen LogP contribution in [0.4, 0.5) is 28.4 Å². The van der Waals surface area contributed by atoms with E-state index in [-0.39, 0.29) is 23.0 Å². The van der Waals surface area contributed by atoms with Crippen LogP contribution in [-0.2, 0) is 4.79 Å². The van der Waals surface area contributed by atoms with Gasteiger partial charge in [-0.2, -0.15) is 0 Å². The number of hydrogen-bond acceptors (Lipinski definition) is 8. The monoisotopic (exact) mass is 548 g/mol. The Morgan fingerprint density at radius 2 is 1.94 bits per heavy atom. The number of anilines is 2. The number of carbonyl (C=O) groups excluding carboxylic acids is 1. The largest absolute Gasteiger partial charge is 0.494 e. The van der Waals surface area contributed by atoms with Gasteiger partial charge in [0.05, 0.1) is 26.7 Å². The standard InChI is InChI=1S/C19H14Br2N6O4/c1-4-26(6-5-22)17-9-15(23-11(2)28)16(10-18(17)31-3)24-25-19-13(20)7-12(27(29)30)8-14(19)21/h1,7-10H,22H2,2-3H3,(H,23,28). The number of nitrogens with one attached hydrogen (secondary N) is 1. The number of azo groups is 1. The molecule has 0 saturated heterocycles. The Morgan fingerprint density at radius 1 is 1.29 bits per heavy atom. The quantitative estimate of drug-likeness (QED) is 0.175. The Balaban J connectivity index is 2.62. The zero-order valence-electron chi connectivity index (χ0n) is 16.1. The normalized spacial score (nSPS) is 10.0. The maximum atomic E-state index is 11.7. The molecule has 0 saturated carbocycles. The number of nitrogens with zero attached hydrogens (tertiary/aromatic N) is 4. The molecule has 0 aliphatic heterocycles. The maximum absolute atomic E-state index is 11.7. The number of amides is 1. The van der Waals surface area contributed by atoms with Gasteiger partial charge in [0.1, 0.15) is 22.8 Å². The summed E-state index contributed by atoms with van der Waals surface area (Å²) in [7, 11) is 1.42. The fourth-order valence-electron chi connectivity index (χ4n) is 2.35. The fourth-order valence-corrected chi connectivity index (χ4v) is 3.67. The number of nitro groups is 1. The second-order valence-corrected chi connectivity index (χ2v) is 7.37. The van der Waals surface area contributed by atoms with Gasteiger partial charge >= 0.3 is 0 Å². The Morgan fingerprint density at radius 3 is 2.42 bits per heavy atom. The van der Waals surface area contributed by atoms with E-state index in [0.29, 0.717) is 26.1 Å². The second-order valence-electron chi connectivity index (χ2n) is 5.66. The van der Waals surface area contributed by atoms with Crippen molar-refractivity contribution >= 4 is 66.2 Å². The minimum atomic E-state index is -0.531. The summed E-state index contributed by atoms with van der Waals surface area (Å²) in [4.78, 5) is 23.3. The molecule has 1 amide bonds. The van der Waals surface area contributed by atoms with Gasteiger partial charge in [-0.15, -0.1) is 10.2 Å². The first-order chi connectivity index (χ1) is 14.7. The molecule has 2 aromatic rings. The lowest BCUT2D eigenvalue weighted by Crippen LogP contribution is -2.12. The molecule has 158 valence electrons. The average molecular weight is 550 g/mol. The minimum Gasteiger partial charge on any atom is -0.494 e. The molecule has 31 heavy (non-hydrogen) atoms. The summed E-state index contributed by atoms with van der Waals surface area (Å²) in [5, 5.41) is 22.0. The third kappa shape index (κ3) is 5.72. The van der Waals surface area contributed by atoms with Crippen LogP contribution < -0.4 is 20.7 Å². The molecule has 10 nitrogen and oxygen atoms in total. The number of hydrogen-bond donors (Lipinski definition) is 2. The van der Waals surface area contributed by atoms with E-state index < -0.39 is 4.92 Å². The number of rotatable bonds is 6. The van der Waals surface area contributed by atoms with Gasteiger partial charge in [0, 0.05) is 43.3 Å². The van der Waals surface area contributed by atoms with E-state index in [1.165, 1.54) is 43.2 Å². The first kappa shape index (κ1) is 23.7. The molecule has 0 aliphatic carbocycles. The first-order valence-corrected chi connectivity index (χ1v) is 9.82. The van der Waals surface area contributed by atoms with Crippen molar-refractivity contribution in [3.05, 3.63) is 43.3 Å². The lowest BCUT2D eigenvalue weighted by molar-refractivity contribution is -0.385. The zero-order chi connectivity index (χ0) is 23.1.